The molecule has 2 heterocycles. The number of fused-ring (bicyclic) bond motifs is 1. The summed E-state index contributed by atoms with van der Waals surface area (Å²) in [5, 5.41) is 20.4. The molecule has 180 valence electrons. The molecule has 0 atom stereocenters. The van der Waals surface area contributed by atoms with E-state index in [1.54, 1.807) is 24.3 Å². The summed E-state index contributed by atoms with van der Waals surface area (Å²) in [4.78, 5) is 28.6. The van der Waals surface area contributed by atoms with Gasteiger partial charge in [-0.05, 0) is 46.3 Å². The molecule has 36 heavy (non-hydrogen) atoms. The quantitative estimate of drug-likeness (QED) is 0.226. The molecule has 2 amide bonds. The Morgan fingerprint density at radius 3 is 2.61 bits per heavy atom. The molecular formula is C25H20BrN7O3. The van der Waals surface area contributed by atoms with Gasteiger partial charge in [-0.3, -0.25) is 9.59 Å². The summed E-state index contributed by atoms with van der Waals surface area (Å²) in [6, 6.07) is 22.1. The van der Waals surface area contributed by atoms with E-state index in [4.69, 9.17) is 4.74 Å². The van der Waals surface area contributed by atoms with Crippen molar-refractivity contribution < 1.29 is 14.3 Å². The number of rotatable bonds is 8. The molecule has 0 aliphatic heterocycles. The minimum atomic E-state index is -0.356. The third kappa shape index (κ3) is 5.32. The Labute approximate surface area is 213 Å². The number of aromatic amines is 2. The number of carbonyl (C=O) groups excluding carboxylic acids is 2. The highest BCUT2D eigenvalue weighted by atomic mass is 79.9. The average molecular weight is 546 g/mol. The highest BCUT2D eigenvalue weighted by Gasteiger charge is 2.16. The van der Waals surface area contributed by atoms with Gasteiger partial charge >= 0.3 is 0 Å². The van der Waals surface area contributed by atoms with Crippen LogP contribution in [0.4, 0.5) is 11.4 Å². The highest BCUT2D eigenvalue weighted by Crippen LogP contribution is 2.29. The lowest BCUT2D eigenvalue weighted by molar-refractivity contribution is -0.121. The first-order valence-electron chi connectivity index (χ1n) is 10.9. The van der Waals surface area contributed by atoms with Crippen molar-refractivity contribution in [2.24, 2.45) is 0 Å². The maximum Gasteiger partial charge on any atom is 0.272 e. The third-order valence-corrected chi connectivity index (χ3v) is 5.84. The van der Waals surface area contributed by atoms with Crippen molar-refractivity contribution in [2.45, 2.75) is 6.61 Å². The second-order valence-corrected chi connectivity index (χ2v) is 8.79. The van der Waals surface area contributed by atoms with E-state index in [9.17, 15) is 9.59 Å². The fourth-order valence-corrected chi connectivity index (χ4v) is 4.05. The van der Waals surface area contributed by atoms with Crippen LogP contribution in [0.15, 0.2) is 77.3 Å². The molecule has 0 unspecified atom stereocenters. The number of tetrazole rings is 1. The summed E-state index contributed by atoms with van der Waals surface area (Å²) in [7, 11) is 0. The van der Waals surface area contributed by atoms with Gasteiger partial charge in [-0.1, -0.05) is 58.4 Å². The van der Waals surface area contributed by atoms with E-state index in [0.717, 1.165) is 15.4 Å². The van der Waals surface area contributed by atoms with E-state index >= 15 is 0 Å². The molecule has 2 aromatic heterocycles. The molecule has 0 radical (unpaired) electrons. The van der Waals surface area contributed by atoms with Gasteiger partial charge in [-0.2, -0.15) is 0 Å². The van der Waals surface area contributed by atoms with Crippen LogP contribution < -0.4 is 10.6 Å². The smallest absolute Gasteiger partial charge is 0.272 e. The zero-order valence-electron chi connectivity index (χ0n) is 18.8. The van der Waals surface area contributed by atoms with Gasteiger partial charge in [0.15, 0.2) is 5.82 Å². The van der Waals surface area contributed by atoms with Gasteiger partial charge in [0.25, 0.3) is 5.91 Å². The van der Waals surface area contributed by atoms with Gasteiger partial charge in [0.2, 0.25) is 5.91 Å². The van der Waals surface area contributed by atoms with Crippen LogP contribution in [0.1, 0.15) is 16.1 Å². The average Bonchev–Trinajstić information content (AvgIpc) is 3.57. The number of nitrogens with one attached hydrogen (secondary N) is 4. The lowest BCUT2D eigenvalue weighted by Gasteiger charge is -2.09. The molecule has 0 aliphatic rings. The van der Waals surface area contributed by atoms with Crippen molar-refractivity contribution in [1.82, 2.24) is 25.6 Å². The van der Waals surface area contributed by atoms with Crippen molar-refractivity contribution in [2.75, 3.05) is 17.2 Å². The van der Waals surface area contributed by atoms with E-state index in [2.05, 4.69) is 52.2 Å². The fourth-order valence-electron chi connectivity index (χ4n) is 3.69. The number of halogens is 1. The van der Waals surface area contributed by atoms with Crippen LogP contribution in [0.2, 0.25) is 0 Å². The Balaban J connectivity index is 1.29. The Kier molecular flexibility index (Phi) is 6.83. The summed E-state index contributed by atoms with van der Waals surface area (Å²) in [5.41, 5.74) is 3.66. The zero-order valence-corrected chi connectivity index (χ0v) is 20.4. The Morgan fingerprint density at radius 2 is 1.81 bits per heavy atom. The van der Waals surface area contributed by atoms with Crippen molar-refractivity contribution in [3.8, 4) is 11.4 Å². The number of nitrogens with zero attached hydrogens (tertiary/aromatic N) is 3. The molecule has 11 heteroatoms. The lowest BCUT2D eigenvalue weighted by atomic mass is 10.1. The summed E-state index contributed by atoms with van der Waals surface area (Å²) in [6.45, 7) is 0.246. The molecule has 10 nitrogen and oxygen atoms in total. The molecule has 0 bridgehead atoms. The van der Waals surface area contributed by atoms with Gasteiger partial charge in [0.05, 0.1) is 23.5 Å². The number of hydrogen-bond donors (Lipinski definition) is 4. The molecule has 0 fully saturated rings. The van der Waals surface area contributed by atoms with Crippen LogP contribution in [-0.4, -0.2) is 44.0 Å². The summed E-state index contributed by atoms with van der Waals surface area (Å²) in [6.07, 6.45) is 0. The first kappa shape index (κ1) is 23.4. The number of benzene rings is 3. The van der Waals surface area contributed by atoms with Crippen molar-refractivity contribution in [3.63, 3.8) is 0 Å². The Hall–Kier alpha value is -4.35. The van der Waals surface area contributed by atoms with Gasteiger partial charge < -0.3 is 20.4 Å². The molecular weight excluding hydrogens is 526 g/mol. The van der Waals surface area contributed by atoms with E-state index in [0.29, 0.717) is 40.6 Å². The third-order valence-electron chi connectivity index (χ3n) is 5.35. The van der Waals surface area contributed by atoms with Crippen molar-refractivity contribution in [3.05, 3.63) is 88.5 Å². The zero-order chi connectivity index (χ0) is 24.9. The van der Waals surface area contributed by atoms with Crippen LogP contribution in [0.3, 0.4) is 0 Å². The maximum atomic E-state index is 13.1. The monoisotopic (exact) mass is 545 g/mol. The van der Waals surface area contributed by atoms with Gasteiger partial charge in [-0.15, -0.1) is 5.10 Å². The van der Waals surface area contributed by atoms with Crippen LogP contribution in [0.5, 0.6) is 0 Å². The number of ether oxygens (including phenoxy) is 1. The first-order chi connectivity index (χ1) is 17.6. The van der Waals surface area contributed by atoms with E-state index in [1.165, 1.54) is 0 Å². The van der Waals surface area contributed by atoms with Crippen molar-refractivity contribution in [1.29, 1.82) is 0 Å². The minimum Gasteiger partial charge on any atom is -0.367 e. The normalized spacial score (nSPS) is 10.9. The predicted octanol–water partition coefficient (Wildman–Crippen LogP) is 4.52. The lowest BCUT2D eigenvalue weighted by Crippen LogP contribution is -2.18. The molecule has 5 rings (SSSR count). The second-order valence-electron chi connectivity index (χ2n) is 7.87. The number of H-pyrrole nitrogens is 2. The van der Waals surface area contributed by atoms with E-state index in [1.807, 2.05) is 48.5 Å². The molecule has 0 saturated heterocycles. The molecule has 0 saturated carbocycles. The van der Waals surface area contributed by atoms with Crippen LogP contribution in [0.25, 0.3) is 22.3 Å². The minimum absolute atomic E-state index is 0.0951. The summed E-state index contributed by atoms with van der Waals surface area (Å²) >= 11 is 3.43. The summed E-state index contributed by atoms with van der Waals surface area (Å²) < 4.78 is 6.33. The van der Waals surface area contributed by atoms with E-state index in [-0.39, 0.29) is 18.4 Å². The summed E-state index contributed by atoms with van der Waals surface area (Å²) in [5.74, 6) is -0.229. The number of amides is 2. The number of para-hydroxylation sites is 1. The Morgan fingerprint density at radius 1 is 0.944 bits per heavy atom. The van der Waals surface area contributed by atoms with Gasteiger partial charge in [-0.25, -0.2) is 5.10 Å². The standard InChI is InChI=1S/C25H20BrN7O3/c26-17-9-10-19(18(12-17)24-30-32-33-31-24)29-25(35)21-11-16-7-4-8-20(23(16)28-21)27-22(34)14-36-13-15-5-2-1-3-6-15/h1-12,28H,13-14H2,(H,27,34)(H,29,35)(H,30,31,32,33). The second kappa shape index (κ2) is 10.5. The predicted molar refractivity (Wildman–Crippen MR) is 138 cm³/mol. The van der Waals surface area contributed by atoms with Crippen LogP contribution in [0, 0.1) is 0 Å². The molecule has 0 aliphatic carbocycles. The molecule has 4 N–H and O–H groups in total. The Bertz CT molecular complexity index is 1520. The van der Waals surface area contributed by atoms with E-state index < -0.39 is 0 Å². The number of hydrogen-bond acceptors (Lipinski definition) is 6. The molecule has 0 spiro atoms. The van der Waals surface area contributed by atoms with Crippen LogP contribution >= 0.6 is 15.9 Å². The maximum absolute atomic E-state index is 13.1. The molecule has 3 aromatic carbocycles. The number of aromatic nitrogens is 5. The van der Waals surface area contributed by atoms with Crippen LogP contribution in [-0.2, 0) is 16.1 Å². The van der Waals surface area contributed by atoms with Crippen molar-refractivity contribution >= 4 is 50.0 Å². The largest absolute Gasteiger partial charge is 0.367 e. The first-order valence-corrected chi connectivity index (χ1v) is 11.7. The fraction of sp³-hybridized carbons (Fsp3) is 0.0800. The number of carbonyl (C=O) groups is 2. The molecule has 5 aromatic rings. The topological polar surface area (TPSA) is 138 Å². The number of anilines is 2. The highest BCUT2D eigenvalue weighted by molar-refractivity contribution is 9.10. The van der Waals surface area contributed by atoms with Gasteiger partial charge in [0.1, 0.15) is 12.3 Å². The van der Waals surface area contributed by atoms with Gasteiger partial charge in [0, 0.05) is 15.4 Å². The SMILES string of the molecule is O=C(COCc1ccccc1)Nc1cccc2cc(C(=O)Nc3ccc(Br)cc3-c3nnn[nH]3)[nH]c12.